The topological polar surface area (TPSA) is 20.2 Å². The van der Waals surface area contributed by atoms with Gasteiger partial charge in [0.1, 0.15) is 0 Å². The molecule has 1 nitrogen and oxygen atoms in total. The summed E-state index contributed by atoms with van der Waals surface area (Å²) in [5, 5.41) is 9.87. The molecule has 0 saturated heterocycles. The van der Waals surface area contributed by atoms with Crippen LogP contribution >= 0.6 is 22.6 Å². The second-order valence-corrected chi connectivity index (χ2v) is 4.81. The van der Waals surface area contributed by atoms with Crippen molar-refractivity contribution in [1.82, 2.24) is 0 Å². The molecule has 0 bridgehead atoms. The van der Waals surface area contributed by atoms with Crippen molar-refractivity contribution in [3.63, 3.8) is 0 Å². The molecular formula is C12H17IO. The fourth-order valence-corrected chi connectivity index (χ4v) is 2.04. The fraction of sp³-hybridized carbons (Fsp3) is 0.500. The molecule has 1 unspecified atom stereocenters. The first-order chi connectivity index (χ1) is 6.74. The van der Waals surface area contributed by atoms with Gasteiger partial charge in [-0.3, -0.25) is 0 Å². The van der Waals surface area contributed by atoms with Gasteiger partial charge in [0, 0.05) is 3.57 Å². The number of aliphatic hydroxyl groups excluding tert-OH is 1. The van der Waals surface area contributed by atoms with Crippen molar-refractivity contribution in [2.24, 2.45) is 0 Å². The molecule has 1 N–H and O–H groups in total. The highest BCUT2D eigenvalue weighted by molar-refractivity contribution is 14.1. The van der Waals surface area contributed by atoms with Crippen LogP contribution in [0.3, 0.4) is 0 Å². The van der Waals surface area contributed by atoms with E-state index in [1.165, 1.54) is 16.4 Å². The van der Waals surface area contributed by atoms with Crippen molar-refractivity contribution in [3.8, 4) is 0 Å². The maximum Gasteiger partial charge on any atom is 0.0790 e. The Morgan fingerprint density at radius 3 is 2.79 bits per heavy atom. The minimum absolute atomic E-state index is 0.281. The van der Waals surface area contributed by atoms with E-state index in [4.69, 9.17) is 0 Å². The second-order valence-electron chi connectivity index (χ2n) is 3.57. The summed E-state index contributed by atoms with van der Waals surface area (Å²) in [6.45, 7) is 2.18. The molecule has 0 radical (unpaired) electrons. The zero-order valence-corrected chi connectivity index (χ0v) is 10.7. The van der Waals surface area contributed by atoms with Crippen LogP contribution in [0.1, 0.15) is 44.3 Å². The first-order valence-electron chi connectivity index (χ1n) is 5.17. The third kappa shape index (κ3) is 3.96. The Bertz CT molecular complexity index is 273. The molecule has 0 fully saturated rings. The molecule has 1 rings (SSSR count). The van der Waals surface area contributed by atoms with Gasteiger partial charge in [-0.05, 0) is 46.7 Å². The van der Waals surface area contributed by atoms with Crippen molar-refractivity contribution in [2.45, 2.75) is 38.7 Å². The van der Waals surface area contributed by atoms with Gasteiger partial charge in [-0.25, -0.2) is 0 Å². The van der Waals surface area contributed by atoms with Crippen LogP contribution in [0.25, 0.3) is 0 Å². The van der Waals surface area contributed by atoms with Crippen LogP contribution in [-0.2, 0) is 0 Å². The molecule has 0 spiro atoms. The van der Waals surface area contributed by atoms with E-state index in [1.807, 2.05) is 18.2 Å². The molecule has 2 heteroatoms. The van der Waals surface area contributed by atoms with E-state index in [9.17, 15) is 5.11 Å². The zero-order valence-electron chi connectivity index (χ0n) is 8.54. The van der Waals surface area contributed by atoms with Crippen LogP contribution in [0.2, 0.25) is 0 Å². The normalized spacial score (nSPS) is 12.8. The van der Waals surface area contributed by atoms with Crippen LogP contribution in [0, 0.1) is 3.57 Å². The largest absolute Gasteiger partial charge is 0.388 e. The Morgan fingerprint density at radius 2 is 2.14 bits per heavy atom. The van der Waals surface area contributed by atoms with Crippen LogP contribution in [-0.4, -0.2) is 5.11 Å². The van der Waals surface area contributed by atoms with E-state index in [0.29, 0.717) is 0 Å². The maximum absolute atomic E-state index is 9.87. The Hall–Kier alpha value is -0.0900. The molecule has 0 heterocycles. The quantitative estimate of drug-likeness (QED) is 0.646. The zero-order chi connectivity index (χ0) is 10.4. The van der Waals surface area contributed by atoms with Crippen molar-refractivity contribution in [3.05, 3.63) is 33.4 Å². The lowest BCUT2D eigenvalue weighted by atomic mass is 10.0. The van der Waals surface area contributed by atoms with Gasteiger partial charge in [0.2, 0.25) is 0 Å². The van der Waals surface area contributed by atoms with E-state index in [2.05, 4.69) is 35.6 Å². The monoisotopic (exact) mass is 304 g/mol. The van der Waals surface area contributed by atoms with Crippen LogP contribution < -0.4 is 0 Å². The third-order valence-corrected chi connectivity index (χ3v) is 2.99. The van der Waals surface area contributed by atoms with Gasteiger partial charge in [0.25, 0.3) is 0 Å². The van der Waals surface area contributed by atoms with E-state index in [1.54, 1.807) is 0 Å². The number of unbranched alkanes of at least 4 members (excludes halogenated alkanes) is 2. The molecule has 0 aliphatic carbocycles. The first-order valence-corrected chi connectivity index (χ1v) is 6.25. The highest BCUT2D eigenvalue weighted by Crippen LogP contribution is 2.21. The van der Waals surface area contributed by atoms with Gasteiger partial charge in [-0.1, -0.05) is 38.3 Å². The van der Waals surface area contributed by atoms with Gasteiger partial charge in [0.05, 0.1) is 6.10 Å². The number of benzene rings is 1. The molecule has 1 atom stereocenters. The fourth-order valence-electron chi connectivity index (χ4n) is 1.47. The SMILES string of the molecule is CCCCCC(O)c1cccc(I)c1. The number of hydrogen-bond acceptors (Lipinski definition) is 1. The van der Waals surface area contributed by atoms with Gasteiger partial charge in [-0.15, -0.1) is 0 Å². The summed E-state index contributed by atoms with van der Waals surface area (Å²) in [5.41, 5.74) is 1.05. The summed E-state index contributed by atoms with van der Waals surface area (Å²) in [7, 11) is 0. The standard InChI is InChI=1S/C12H17IO/c1-2-3-4-8-12(14)10-6-5-7-11(13)9-10/h5-7,9,12,14H,2-4,8H2,1H3. The minimum Gasteiger partial charge on any atom is -0.388 e. The number of halogens is 1. The van der Waals surface area contributed by atoms with E-state index >= 15 is 0 Å². The lowest BCUT2D eigenvalue weighted by Crippen LogP contribution is -1.97. The predicted octanol–water partition coefficient (Wildman–Crippen LogP) is 3.90. The van der Waals surface area contributed by atoms with Crippen LogP contribution in [0.5, 0.6) is 0 Å². The maximum atomic E-state index is 9.87. The van der Waals surface area contributed by atoms with E-state index < -0.39 is 0 Å². The Kier molecular flexibility index (Phi) is 5.48. The molecule has 1 aromatic carbocycles. The molecule has 78 valence electrons. The Labute approximate surface area is 99.7 Å². The van der Waals surface area contributed by atoms with E-state index in [0.717, 1.165) is 18.4 Å². The molecular weight excluding hydrogens is 287 g/mol. The van der Waals surface area contributed by atoms with Crippen molar-refractivity contribution in [1.29, 1.82) is 0 Å². The van der Waals surface area contributed by atoms with Gasteiger partial charge in [-0.2, -0.15) is 0 Å². The minimum atomic E-state index is -0.281. The van der Waals surface area contributed by atoms with Crippen LogP contribution in [0.15, 0.2) is 24.3 Å². The predicted molar refractivity (Wildman–Crippen MR) is 68.3 cm³/mol. The van der Waals surface area contributed by atoms with Crippen molar-refractivity contribution in [2.75, 3.05) is 0 Å². The number of aliphatic hydroxyl groups is 1. The first kappa shape index (κ1) is 12.0. The van der Waals surface area contributed by atoms with Crippen molar-refractivity contribution >= 4 is 22.6 Å². The average Bonchev–Trinajstić information content (AvgIpc) is 2.18. The lowest BCUT2D eigenvalue weighted by Gasteiger charge is -2.10. The molecule has 1 aromatic rings. The Balaban J connectivity index is 2.47. The third-order valence-electron chi connectivity index (χ3n) is 2.31. The summed E-state index contributed by atoms with van der Waals surface area (Å²) >= 11 is 2.27. The summed E-state index contributed by atoms with van der Waals surface area (Å²) in [5.74, 6) is 0. The van der Waals surface area contributed by atoms with Crippen LogP contribution in [0.4, 0.5) is 0 Å². The second kappa shape index (κ2) is 6.40. The van der Waals surface area contributed by atoms with Gasteiger partial charge < -0.3 is 5.11 Å². The summed E-state index contributed by atoms with van der Waals surface area (Å²) in [6.07, 6.45) is 4.13. The number of rotatable bonds is 5. The van der Waals surface area contributed by atoms with Gasteiger partial charge >= 0.3 is 0 Å². The molecule has 0 aliphatic rings. The molecule has 14 heavy (non-hydrogen) atoms. The van der Waals surface area contributed by atoms with E-state index in [-0.39, 0.29) is 6.10 Å². The molecule has 0 aliphatic heterocycles. The van der Waals surface area contributed by atoms with Crippen molar-refractivity contribution < 1.29 is 5.11 Å². The molecule has 0 saturated carbocycles. The summed E-state index contributed by atoms with van der Waals surface area (Å²) in [6, 6.07) is 8.10. The highest BCUT2D eigenvalue weighted by Gasteiger charge is 2.06. The molecule has 0 amide bonds. The summed E-state index contributed by atoms with van der Waals surface area (Å²) < 4.78 is 1.19. The molecule has 0 aromatic heterocycles. The highest BCUT2D eigenvalue weighted by atomic mass is 127. The smallest absolute Gasteiger partial charge is 0.0790 e. The lowest BCUT2D eigenvalue weighted by molar-refractivity contribution is 0.163. The average molecular weight is 304 g/mol. The van der Waals surface area contributed by atoms with Gasteiger partial charge in [0.15, 0.2) is 0 Å². The number of hydrogen-bond donors (Lipinski definition) is 1. The Morgan fingerprint density at radius 1 is 1.36 bits per heavy atom. The summed E-state index contributed by atoms with van der Waals surface area (Å²) in [4.78, 5) is 0.